The molecule has 0 atom stereocenters. The molecule has 0 aliphatic carbocycles. The second-order valence-electron chi connectivity index (χ2n) is 5.26. The summed E-state index contributed by atoms with van der Waals surface area (Å²) in [7, 11) is 0. The van der Waals surface area contributed by atoms with Gasteiger partial charge in [0.2, 0.25) is 0 Å². The molecule has 0 unspecified atom stereocenters. The zero-order valence-corrected chi connectivity index (χ0v) is 13.5. The molecular formula is C17H19FN4O3. The Kier molecular flexibility index (Phi) is 6.70. The van der Waals surface area contributed by atoms with Crippen molar-refractivity contribution in [2.24, 2.45) is 0 Å². The smallest absolute Gasteiger partial charge is 0.314 e. The summed E-state index contributed by atoms with van der Waals surface area (Å²) in [6, 6.07) is 12.1. The first-order chi connectivity index (χ1) is 12.1. The molecule has 2 aromatic carbocycles. The van der Waals surface area contributed by atoms with Crippen molar-refractivity contribution in [2.75, 3.05) is 25.0 Å². The van der Waals surface area contributed by atoms with Gasteiger partial charge in [-0.3, -0.25) is 10.1 Å². The standard InChI is InChI=1S/C17H19FN4O3/c18-14-7-5-13(6-8-14)9-10-20-17(23)21-12-11-19-15-3-1-2-4-16(15)22(24)25/h1-8,19H,9-12H2,(H2,20,21,23). The van der Waals surface area contributed by atoms with Gasteiger partial charge in [0, 0.05) is 25.7 Å². The maximum Gasteiger partial charge on any atom is 0.314 e. The van der Waals surface area contributed by atoms with E-state index in [4.69, 9.17) is 0 Å². The fraction of sp³-hybridized carbons (Fsp3) is 0.235. The van der Waals surface area contributed by atoms with Crippen molar-refractivity contribution in [1.29, 1.82) is 0 Å². The van der Waals surface area contributed by atoms with Crippen LogP contribution in [0.15, 0.2) is 48.5 Å². The van der Waals surface area contributed by atoms with Gasteiger partial charge in [0.25, 0.3) is 5.69 Å². The first kappa shape index (κ1) is 18.2. The van der Waals surface area contributed by atoms with Gasteiger partial charge in [0.1, 0.15) is 11.5 Å². The Balaban J connectivity index is 1.64. The van der Waals surface area contributed by atoms with Gasteiger partial charge in [-0.05, 0) is 30.2 Å². The van der Waals surface area contributed by atoms with Crippen molar-refractivity contribution in [3.8, 4) is 0 Å². The number of nitrogens with one attached hydrogen (secondary N) is 3. The zero-order valence-electron chi connectivity index (χ0n) is 13.5. The number of benzene rings is 2. The van der Waals surface area contributed by atoms with Gasteiger partial charge in [0.05, 0.1) is 4.92 Å². The summed E-state index contributed by atoms with van der Waals surface area (Å²) >= 11 is 0. The molecule has 2 aromatic rings. The molecule has 132 valence electrons. The van der Waals surface area contributed by atoms with E-state index in [2.05, 4.69) is 16.0 Å². The Hall–Kier alpha value is -3.16. The number of hydrogen-bond acceptors (Lipinski definition) is 4. The third kappa shape index (κ3) is 6.09. The van der Waals surface area contributed by atoms with Crippen molar-refractivity contribution in [1.82, 2.24) is 10.6 Å². The number of carbonyl (C=O) groups excluding carboxylic acids is 1. The number of nitro benzene ring substituents is 1. The lowest BCUT2D eigenvalue weighted by molar-refractivity contribution is -0.384. The van der Waals surface area contributed by atoms with E-state index < -0.39 is 4.92 Å². The summed E-state index contributed by atoms with van der Waals surface area (Å²) in [4.78, 5) is 22.1. The molecule has 0 aliphatic rings. The molecule has 0 aliphatic heterocycles. The van der Waals surface area contributed by atoms with Crippen LogP contribution in [0.2, 0.25) is 0 Å². The van der Waals surface area contributed by atoms with Crippen LogP contribution in [0.4, 0.5) is 20.6 Å². The SMILES string of the molecule is O=C(NCCNc1ccccc1[N+](=O)[O-])NCCc1ccc(F)cc1. The number of nitro groups is 1. The fourth-order valence-electron chi connectivity index (χ4n) is 2.19. The molecule has 0 fully saturated rings. The minimum Gasteiger partial charge on any atom is -0.378 e. The molecule has 0 radical (unpaired) electrons. The molecule has 0 saturated heterocycles. The normalized spacial score (nSPS) is 10.1. The number of nitrogens with zero attached hydrogens (tertiary/aromatic N) is 1. The lowest BCUT2D eigenvalue weighted by atomic mass is 10.1. The minimum atomic E-state index is -0.460. The Morgan fingerprint density at radius 2 is 1.68 bits per heavy atom. The van der Waals surface area contributed by atoms with E-state index in [9.17, 15) is 19.3 Å². The predicted molar refractivity (Wildman–Crippen MR) is 93.1 cm³/mol. The number of carbonyl (C=O) groups is 1. The van der Waals surface area contributed by atoms with Gasteiger partial charge >= 0.3 is 6.03 Å². The summed E-state index contributed by atoms with van der Waals surface area (Å²) in [5.74, 6) is -0.291. The molecule has 2 rings (SSSR count). The zero-order chi connectivity index (χ0) is 18.1. The van der Waals surface area contributed by atoms with Gasteiger partial charge in [-0.25, -0.2) is 9.18 Å². The Bertz CT molecular complexity index is 722. The molecule has 0 aromatic heterocycles. The van der Waals surface area contributed by atoms with E-state index in [1.165, 1.54) is 18.2 Å². The van der Waals surface area contributed by atoms with Crippen molar-refractivity contribution in [3.63, 3.8) is 0 Å². The highest BCUT2D eigenvalue weighted by Crippen LogP contribution is 2.22. The first-order valence-electron chi connectivity index (χ1n) is 7.79. The van der Waals surface area contributed by atoms with E-state index >= 15 is 0 Å². The molecule has 0 saturated carbocycles. The number of para-hydroxylation sites is 2. The van der Waals surface area contributed by atoms with E-state index in [0.717, 1.165) is 5.56 Å². The lowest BCUT2D eigenvalue weighted by Crippen LogP contribution is -2.38. The molecular weight excluding hydrogens is 327 g/mol. The van der Waals surface area contributed by atoms with Gasteiger partial charge in [0.15, 0.2) is 0 Å². The van der Waals surface area contributed by atoms with Crippen molar-refractivity contribution in [3.05, 3.63) is 70.0 Å². The summed E-state index contributed by atoms with van der Waals surface area (Å²) in [6.07, 6.45) is 0.599. The topological polar surface area (TPSA) is 96.3 Å². The summed E-state index contributed by atoms with van der Waals surface area (Å²) < 4.78 is 12.8. The van der Waals surface area contributed by atoms with Gasteiger partial charge in [-0.1, -0.05) is 24.3 Å². The maximum absolute atomic E-state index is 12.8. The molecule has 0 heterocycles. The van der Waals surface area contributed by atoms with Gasteiger partial charge in [-0.2, -0.15) is 0 Å². The number of amides is 2. The number of rotatable bonds is 8. The van der Waals surface area contributed by atoms with Crippen molar-refractivity contribution < 1.29 is 14.1 Å². The molecule has 3 N–H and O–H groups in total. The third-order valence-corrected chi connectivity index (χ3v) is 3.44. The van der Waals surface area contributed by atoms with Crippen LogP contribution in [-0.2, 0) is 6.42 Å². The molecule has 2 amide bonds. The summed E-state index contributed by atoms with van der Waals surface area (Å²) in [6.45, 7) is 1.10. The highest BCUT2D eigenvalue weighted by molar-refractivity contribution is 5.73. The highest BCUT2D eigenvalue weighted by atomic mass is 19.1. The van der Waals surface area contributed by atoms with E-state index in [0.29, 0.717) is 31.7 Å². The van der Waals surface area contributed by atoms with Crippen LogP contribution in [0.5, 0.6) is 0 Å². The second-order valence-corrected chi connectivity index (χ2v) is 5.26. The Morgan fingerprint density at radius 3 is 2.40 bits per heavy atom. The molecule has 0 spiro atoms. The molecule has 7 nitrogen and oxygen atoms in total. The van der Waals surface area contributed by atoms with E-state index in [1.807, 2.05) is 0 Å². The van der Waals surface area contributed by atoms with Crippen LogP contribution in [0.3, 0.4) is 0 Å². The van der Waals surface area contributed by atoms with Crippen LogP contribution in [0, 0.1) is 15.9 Å². The number of hydrogen-bond donors (Lipinski definition) is 3. The van der Waals surface area contributed by atoms with Crippen LogP contribution in [0.1, 0.15) is 5.56 Å². The molecule has 25 heavy (non-hydrogen) atoms. The predicted octanol–water partition coefficient (Wildman–Crippen LogP) is 2.69. The third-order valence-electron chi connectivity index (χ3n) is 3.44. The van der Waals surface area contributed by atoms with Crippen LogP contribution >= 0.6 is 0 Å². The largest absolute Gasteiger partial charge is 0.378 e. The van der Waals surface area contributed by atoms with E-state index in [-0.39, 0.29) is 17.5 Å². The Labute approximate surface area is 144 Å². The van der Waals surface area contributed by atoms with Crippen LogP contribution in [-0.4, -0.2) is 30.6 Å². The quantitative estimate of drug-likeness (QED) is 0.389. The van der Waals surface area contributed by atoms with E-state index in [1.54, 1.807) is 30.3 Å². The number of anilines is 1. The average molecular weight is 346 g/mol. The minimum absolute atomic E-state index is 0.00810. The highest BCUT2D eigenvalue weighted by Gasteiger charge is 2.11. The maximum atomic E-state index is 12.8. The Morgan fingerprint density at radius 1 is 1.00 bits per heavy atom. The molecule has 8 heteroatoms. The molecule has 0 bridgehead atoms. The van der Waals surface area contributed by atoms with Gasteiger partial charge < -0.3 is 16.0 Å². The monoisotopic (exact) mass is 346 g/mol. The van der Waals surface area contributed by atoms with Crippen LogP contribution in [0.25, 0.3) is 0 Å². The van der Waals surface area contributed by atoms with Crippen LogP contribution < -0.4 is 16.0 Å². The van der Waals surface area contributed by atoms with Gasteiger partial charge in [-0.15, -0.1) is 0 Å². The average Bonchev–Trinajstić information content (AvgIpc) is 2.60. The lowest BCUT2D eigenvalue weighted by Gasteiger charge is -2.09. The first-order valence-corrected chi connectivity index (χ1v) is 7.79. The summed E-state index contributed by atoms with van der Waals surface area (Å²) in [5, 5.41) is 19.1. The van der Waals surface area contributed by atoms with Crippen molar-refractivity contribution >= 4 is 17.4 Å². The van der Waals surface area contributed by atoms with Crippen molar-refractivity contribution in [2.45, 2.75) is 6.42 Å². The number of halogens is 1. The summed E-state index contributed by atoms with van der Waals surface area (Å²) in [5.41, 5.74) is 1.33. The fourth-order valence-corrected chi connectivity index (χ4v) is 2.19. The number of urea groups is 1. The second kappa shape index (κ2) is 9.21.